The van der Waals surface area contributed by atoms with Crippen LogP contribution in [0.1, 0.15) is 10.4 Å². The van der Waals surface area contributed by atoms with Crippen LogP contribution in [-0.4, -0.2) is 33.9 Å². The second-order valence-electron chi connectivity index (χ2n) is 4.04. The van der Waals surface area contributed by atoms with Crippen molar-refractivity contribution in [1.82, 2.24) is 0 Å². The Kier molecular flexibility index (Phi) is 6.23. The number of carbonyl (C=O) groups excluding carboxylic acids is 1. The minimum absolute atomic E-state index is 0. The third-order valence-electron chi connectivity index (χ3n) is 2.61. The van der Waals surface area contributed by atoms with Crippen LogP contribution in [0.3, 0.4) is 0 Å². The number of halogens is 2. The van der Waals surface area contributed by atoms with E-state index in [-0.39, 0.29) is 50.7 Å². The summed E-state index contributed by atoms with van der Waals surface area (Å²) in [5, 5.41) is 23.0. The molecule has 6 nitrogen and oxygen atoms in total. The van der Waals surface area contributed by atoms with Gasteiger partial charge < -0.3 is 10.4 Å². The first kappa shape index (κ1) is 18.3. The fraction of sp³-hybridized carbons (Fsp3) is 0. The SMILES string of the molecule is O=C(Nc1ccc([N+](=O)[O-])cc1Cl)c1cc(Cl)ccc1O.[As+3]. The Morgan fingerprint density at radius 1 is 1.18 bits per heavy atom. The van der Waals surface area contributed by atoms with Gasteiger partial charge in [-0.2, -0.15) is 0 Å². The van der Waals surface area contributed by atoms with Crippen molar-refractivity contribution >= 4 is 58.4 Å². The maximum atomic E-state index is 12.0. The van der Waals surface area contributed by atoms with Crippen molar-refractivity contribution in [2.45, 2.75) is 0 Å². The molecule has 22 heavy (non-hydrogen) atoms. The Bertz CT molecular complexity index is 740. The number of nitrogens with zero attached hydrogens (tertiary/aromatic N) is 1. The first-order valence-electron chi connectivity index (χ1n) is 5.62. The minimum atomic E-state index is -0.634. The number of nitro benzene ring substituents is 1. The molecule has 110 valence electrons. The van der Waals surface area contributed by atoms with Crippen LogP contribution < -0.4 is 5.32 Å². The average molecular weight is 402 g/mol. The number of amides is 1. The van der Waals surface area contributed by atoms with E-state index in [0.717, 1.165) is 6.07 Å². The molecule has 2 N–H and O–H groups in total. The summed E-state index contributed by atoms with van der Waals surface area (Å²) in [6.45, 7) is 0. The van der Waals surface area contributed by atoms with E-state index in [2.05, 4.69) is 5.32 Å². The quantitative estimate of drug-likeness (QED) is 0.467. The fourth-order valence-corrected chi connectivity index (χ4v) is 1.99. The number of phenols is 1. The van der Waals surface area contributed by atoms with Crippen molar-refractivity contribution in [3.8, 4) is 5.75 Å². The van der Waals surface area contributed by atoms with Crippen LogP contribution in [0, 0.1) is 10.1 Å². The molecule has 0 spiro atoms. The van der Waals surface area contributed by atoms with Crippen molar-refractivity contribution < 1.29 is 14.8 Å². The van der Waals surface area contributed by atoms with Gasteiger partial charge in [-0.1, -0.05) is 23.2 Å². The molecule has 0 fully saturated rings. The Morgan fingerprint density at radius 3 is 2.45 bits per heavy atom. The van der Waals surface area contributed by atoms with E-state index in [1.165, 1.54) is 30.3 Å². The largest absolute Gasteiger partial charge is 3.00 e. The molecule has 2 rings (SSSR count). The summed E-state index contributed by atoms with van der Waals surface area (Å²) in [6, 6.07) is 7.65. The van der Waals surface area contributed by atoms with Crippen LogP contribution in [0.5, 0.6) is 5.75 Å². The van der Waals surface area contributed by atoms with E-state index in [9.17, 15) is 20.0 Å². The van der Waals surface area contributed by atoms with Crippen molar-refractivity contribution in [2.75, 3.05) is 5.32 Å². The van der Waals surface area contributed by atoms with E-state index < -0.39 is 10.8 Å². The molecule has 2 radical (unpaired) electrons. The normalized spacial score (nSPS) is 9.73. The van der Waals surface area contributed by atoms with Crippen LogP contribution in [0.2, 0.25) is 10.0 Å². The van der Waals surface area contributed by atoms with Crippen LogP contribution in [0.4, 0.5) is 11.4 Å². The second-order valence-corrected chi connectivity index (χ2v) is 4.88. The monoisotopic (exact) mass is 401 g/mol. The summed E-state index contributed by atoms with van der Waals surface area (Å²) >= 11 is 11.6. The zero-order valence-electron chi connectivity index (χ0n) is 10.8. The van der Waals surface area contributed by atoms with Crippen LogP contribution in [0.25, 0.3) is 0 Å². The molecule has 1 amide bonds. The number of hydrogen-bond acceptors (Lipinski definition) is 4. The van der Waals surface area contributed by atoms with Gasteiger partial charge in [-0.15, -0.1) is 0 Å². The standard InChI is InChI=1S/C13H8Cl2N2O4.As/c14-7-1-4-12(18)9(5-7)13(19)16-11-3-2-8(17(20)21)6-10(11)15;/h1-6,18H,(H,16,19);/q;+3. The molecule has 2 aromatic rings. The summed E-state index contributed by atoms with van der Waals surface area (Å²) in [5.41, 5.74) is -0.0350. The maximum Gasteiger partial charge on any atom is 3.00 e. The number of phenolic OH excluding ortho intramolecular Hbond substituents is 1. The number of hydrogen-bond donors (Lipinski definition) is 2. The van der Waals surface area contributed by atoms with Gasteiger partial charge in [0.05, 0.1) is 21.2 Å². The Hall–Kier alpha value is -1.75. The number of nitrogens with one attached hydrogen (secondary N) is 1. The number of benzene rings is 2. The summed E-state index contributed by atoms with van der Waals surface area (Å²) in [7, 11) is 0. The number of aromatic hydroxyl groups is 1. The number of nitro groups is 1. The van der Waals surface area contributed by atoms with Gasteiger partial charge >= 0.3 is 18.0 Å². The predicted molar refractivity (Wildman–Crippen MR) is 84.9 cm³/mol. The zero-order chi connectivity index (χ0) is 15.6. The smallest absolute Gasteiger partial charge is 0.507 e. The number of rotatable bonds is 3. The molecule has 0 saturated heterocycles. The van der Waals surface area contributed by atoms with Gasteiger partial charge in [0, 0.05) is 17.2 Å². The molecule has 0 saturated carbocycles. The topological polar surface area (TPSA) is 92.5 Å². The first-order valence-corrected chi connectivity index (χ1v) is 6.38. The molecule has 2 aromatic carbocycles. The average Bonchev–Trinajstić information content (AvgIpc) is 2.43. The second kappa shape index (κ2) is 7.49. The first-order chi connectivity index (χ1) is 9.88. The number of anilines is 1. The molecule has 0 atom stereocenters. The van der Waals surface area contributed by atoms with Crippen LogP contribution >= 0.6 is 23.2 Å². The third kappa shape index (κ3) is 4.13. The van der Waals surface area contributed by atoms with Crippen molar-refractivity contribution in [3.05, 3.63) is 62.1 Å². The summed E-state index contributed by atoms with van der Waals surface area (Å²) < 4.78 is 0. The maximum absolute atomic E-state index is 12.0. The molecule has 0 aromatic heterocycles. The van der Waals surface area contributed by atoms with E-state index in [4.69, 9.17) is 23.2 Å². The molecule has 0 aliphatic rings. The van der Waals surface area contributed by atoms with Crippen molar-refractivity contribution in [1.29, 1.82) is 0 Å². The third-order valence-corrected chi connectivity index (χ3v) is 3.16. The Morgan fingerprint density at radius 2 is 1.86 bits per heavy atom. The van der Waals surface area contributed by atoms with Gasteiger partial charge in [0.2, 0.25) is 0 Å². The van der Waals surface area contributed by atoms with Gasteiger partial charge in [-0.25, -0.2) is 0 Å². The molecule has 0 aliphatic carbocycles. The molecule has 0 heterocycles. The predicted octanol–water partition coefficient (Wildman–Crippen LogP) is 3.48. The van der Waals surface area contributed by atoms with Crippen LogP contribution in [0.15, 0.2) is 36.4 Å². The van der Waals surface area contributed by atoms with E-state index in [1.807, 2.05) is 0 Å². The molecule has 0 aliphatic heterocycles. The summed E-state index contributed by atoms with van der Waals surface area (Å²) in [5.74, 6) is -0.874. The molecular formula is C13H8AsCl2N2O4+3. The molecular weight excluding hydrogens is 394 g/mol. The van der Waals surface area contributed by atoms with Gasteiger partial charge in [-0.05, 0) is 24.3 Å². The van der Waals surface area contributed by atoms with Gasteiger partial charge in [0.1, 0.15) is 5.75 Å². The zero-order valence-corrected chi connectivity index (χ0v) is 14.2. The minimum Gasteiger partial charge on any atom is -0.507 e. The molecule has 9 heteroatoms. The molecule has 0 unspecified atom stereocenters. The van der Waals surface area contributed by atoms with E-state index in [1.54, 1.807) is 0 Å². The van der Waals surface area contributed by atoms with Crippen LogP contribution in [-0.2, 0) is 0 Å². The van der Waals surface area contributed by atoms with E-state index in [0.29, 0.717) is 0 Å². The van der Waals surface area contributed by atoms with Crippen molar-refractivity contribution in [3.63, 3.8) is 0 Å². The Balaban J connectivity index is 0.00000242. The Labute approximate surface area is 146 Å². The summed E-state index contributed by atoms with van der Waals surface area (Å²) in [4.78, 5) is 22.0. The van der Waals surface area contributed by atoms with Crippen molar-refractivity contribution in [2.24, 2.45) is 0 Å². The van der Waals surface area contributed by atoms with Gasteiger partial charge in [-0.3, -0.25) is 14.9 Å². The fourth-order valence-electron chi connectivity index (χ4n) is 1.60. The molecule has 0 bridgehead atoms. The summed E-state index contributed by atoms with van der Waals surface area (Å²) in [6.07, 6.45) is 0. The number of non-ortho nitro benzene ring substituents is 1. The van der Waals surface area contributed by atoms with Gasteiger partial charge in [0.15, 0.2) is 0 Å². The number of carbonyl (C=O) groups is 1. The van der Waals surface area contributed by atoms with Gasteiger partial charge in [0.25, 0.3) is 11.6 Å². The van der Waals surface area contributed by atoms with E-state index >= 15 is 0 Å².